The Hall–Kier alpha value is -7.30. The Morgan fingerprint density at radius 2 is 0.963 bits per heavy atom. The zero-order chi connectivity index (χ0) is 35.1. The van der Waals surface area contributed by atoms with E-state index in [1.807, 2.05) is 0 Å². The fourth-order valence-corrected chi connectivity index (χ4v) is 9.51. The summed E-state index contributed by atoms with van der Waals surface area (Å²) in [5, 5.41) is 15.7. The Morgan fingerprint density at radius 1 is 0.352 bits per heavy atom. The number of rotatable bonds is 2. The van der Waals surface area contributed by atoms with Gasteiger partial charge in [0, 0.05) is 48.7 Å². The van der Waals surface area contributed by atoms with Gasteiger partial charge in [-0.1, -0.05) is 133 Å². The largest absolute Gasteiger partial charge is 0.308 e. The van der Waals surface area contributed by atoms with Gasteiger partial charge in [0.2, 0.25) is 5.95 Å². The molecule has 4 aromatic heterocycles. The van der Waals surface area contributed by atoms with Crippen LogP contribution in [0.3, 0.4) is 0 Å². The molecule has 0 saturated carbocycles. The maximum absolute atomic E-state index is 5.56. The molecule has 0 aliphatic carbocycles. The molecular weight excluding hydrogens is 657 g/mol. The average Bonchev–Trinajstić information content (AvgIpc) is 3.88. The normalized spacial score (nSPS) is 12.4. The quantitative estimate of drug-likeness (QED) is 0.170. The van der Waals surface area contributed by atoms with E-state index in [4.69, 9.17) is 9.97 Å². The van der Waals surface area contributed by atoms with Gasteiger partial charge < -0.3 is 4.40 Å². The van der Waals surface area contributed by atoms with Crippen molar-refractivity contribution in [3.8, 4) is 17.2 Å². The Morgan fingerprint density at radius 3 is 1.85 bits per heavy atom. The van der Waals surface area contributed by atoms with Gasteiger partial charge in [-0.3, -0.25) is 4.57 Å². The summed E-state index contributed by atoms with van der Waals surface area (Å²) in [5.74, 6) is 0.665. The topological polar surface area (TPSA) is 35.1 Å². The van der Waals surface area contributed by atoms with Crippen LogP contribution in [0.4, 0.5) is 0 Å². The molecular formula is C50H28N4. The van der Waals surface area contributed by atoms with Crippen LogP contribution < -0.4 is 0 Å². The minimum Gasteiger partial charge on any atom is -0.308 e. The van der Waals surface area contributed by atoms with Crippen LogP contribution in [0.15, 0.2) is 170 Å². The van der Waals surface area contributed by atoms with Crippen LogP contribution >= 0.6 is 0 Å². The van der Waals surface area contributed by atoms with E-state index < -0.39 is 0 Å². The highest BCUT2D eigenvalue weighted by Gasteiger charge is 2.25. The van der Waals surface area contributed by atoms with Crippen molar-refractivity contribution < 1.29 is 0 Å². The van der Waals surface area contributed by atoms with E-state index in [9.17, 15) is 0 Å². The van der Waals surface area contributed by atoms with Gasteiger partial charge in [-0.15, -0.1) is 0 Å². The highest BCUT2D eigenvalue weighted by atomic mass is 15.2. The van der Waals surface area contributed by atoms with E-state index in [2.05, 4.69) is 179 Å². The third-order valence-electron chi connectivity index (χ3n) is 11.8. The average molecular weight is 685 g/mol. The van der Waals surface area contributed by atoms with Crippen molar-refractivity contribution >= 4 is 103 Å². The minimum absolute atomic E-state index is 0.665. The Balaban J connectivity index is 1.23. The summed E-state index contributed by atoms with van der Waals surface area (Å²) in [5.41, 5.74) is 8.85. The maximum atomic E-state index is 5.56. The van der Waals surface area contributed by atoms with Gasteiger partial charge in [-0.05, 0) is 63.3 Å². The number of benzene rings is 9. The van der Waals surface area contributed by atoms with Crippen LogP contribution in [0.25, 0.3) is 120 Å². The molecule has 4 heterocycles. The summed E-state index contributed by atoms with van der Waals surface area (Å²) in [6, 6.07) is 61.6. The third-order valence-corrected chi connectivity index (χ3v) is 11.8. The zero-order valence-corrected chi connectivity index (χ0v) is 29.0. The van der Waals surface area contributed by atoms with Gasteiger partial charge in [-0.25, -0.2) is 9.97 Å². The molecule has 248 valence electrons. The highest BCUT2D eigenvalue weighted by Crippen LogP contribution is 2.46. The number of aromatic nitrogens is 4. The molecule has 4 nitrogen and oxygen atoms in total. The Labute approximate surface area is 308 Å². The first-order chi connectivity index (χ1) is 26.8. The van der Waals surface area contributed by atoms with Crippen LogP contribution in [0.5, 0.6) is 0 Å². The van der Waals surface area contributed by atoms with Crippen LogP contribution in [0.2, 0.25) is 0 Å². The fraction of sp³-hybridized carbons (Fsp3) is 0. The van der Waals surface area contributed by atoms with E-state index in [1.165, 1.54) is 70.4 Å². The van der Waals surface area contributed by atoms with Gasteiger partial charge in [0.15, 0.2) is 0 Å². The maximum Gasteiger partial charge on any atom is 0.235 e. The summed E-state index contributed by atoms with van der Waals surface area (Å²) >= 11 is 0. The lowest BCUT2D eigenvalue weighted by Crippen LogP contribution is -2.04. The van der Waals surface area contributed by atoms with E-state index in [0.717, 1.165) is 44.0 Å². The van der Waals surface area contributed by atoms with E-state index >= 15 is 0 Å². The number of para-hydroxylation sites is 2. The van der Waals surface area contributed by atoms with Crippen molar-refractivity contribution in [3.63, 3.8) is 0 Å². The molecule has 0 saturated heterocycles. The molecule has 0 atom stereocenters. The summed E-state index contributed by atoms with van der Waals surface area (Å²) < 4.78 is 4.79. The molecule has 4 heteroatoms. The lowest BCUT2D eigenvalue weighted by molar-refractivity contribution is 1.02. The molecule has 54 heavy (non-hydrogen) atoms. The molecule has 0 spiro atoms. The second-order valence-corrected chi connectivity index (χ2v) is 14.5. The number of fused-ring (bicyclic) bond motifs is 16. The molecule has 0 amide bonds. The first-order valence-electron chi connectivity index (χ1n) is 18.5. The van der Waals surface area contributed by atoms with Crippen molar-refractivity contribution in [2.45, 2.75) is 0 Å². The van der Waals surface area contributed by atoms with E-state index in [0.29, 0.717) is 5.95 Å². The Kier molecular flexibility index (Phi) is 5.34. The van der Waals surface area contributed by atoms with E-state index in [1.54, 1.807) is 0 Å². The number of hydrogen-bond donors (Lipinski definition) is 0. The lowest BCUT2D eigenvalue weighted by atomic mass is 10.00. The molecule has 0 radical (unpaired) electrons. The van der Waals surface area contributed by atoms with Gasteiger partial charge >= 0.3 is 0 Å². The fourth-order valence-electron chi connectivity index (χ4n) is 9.51. The third kappa shape index (κ3) is 3.57. The Bertz CT molecular complexity index is 3740. The predicted molar refractivity (Wildman–Crippen MR) is 226 cm³/mol. The van der Waals surface area contributed by atoms with E-state index in [-0.39, 0.29) is 0 Å². The van der Waals surface area contributed by atoms with Gasteiger partial charge in [0.05, 0.1) is 38.8 Å². The van der Waals surface area contributed by atoms with Crippen LogP contribution in [-0.2, 0) is 0 Å². The zero-order valence-electron chi connectivity index (χ0n) is 29.0. The van der Waals surface area contributed by atoms with Crippen LogP contribution in [0, 0.1) is 0 Å². The minimum atomic E-state index is 0.665. The monoisotopic (exact) mass is 684 g/mol. The van der Waals surface area contributed by atoms with Crippen molar-refractivity contribution in [3.05, 3.63) is 170 Å². The highest BCUT2D eigenvalue weighted by molar-refractivity contribution is 6.35. The summed E-state index contributed by atoms with van der Waals surface area (Å²) in [7, 11) is 0. The number of hydrogen-bond acceptors (Lipinski definition) is 2. The first kappa shape index (κ1) is 28.3. The van der Waals surface area contributed by atoms with Crippen LogP contribution in [0.1, 0.15) is 0 Å². The summed E-state index contributed by atoms with van der Waals surface area (Å²) in [6.07, 6.45) is 0. The molecule has 0 bridgehead atoms. The molecule has 13 aromatic rings. The second kappa shape index (κ2) is 10.2. The molecule has 0 unspecified atom stereocenters. The first-order valence-corrected chi connectivity index (χ1v) is 18.5. The SMILES string of the molecule is c1ccc2cc(-c3nc(-n4c5ccc6ccccc6c5c5c6c7cccc8c9ccccc9n(c6ccc54)c87)nc4c3ccc3ccccc34)ccc2c1. The summed E-state index contributed by atoms with van der Waals surface area (Å²) in [4.78, 5) is 11.1. The molecule has 0 fully saturated rings. The van der Waals surface area contributed by atoms with Crippen molar-refractivity contribution in [1.29, 1.82) is 0 Å². The van der Waals surface area contributed by atoms with Crippen molar-refractivity contribution in [1.82, 2.24) is 18.9 Å². The van der Waals surface area contributed by atoms with Gasteiger partial charge in [0.1, 0.15) is 0 Å². The van der Waals surface area contributed by atoms with Crippen molar-refractivity contribution in [2.24, 2.45) is 0 Å². The van der Waals surface area contributed by atoms with Gasteiger partial charge in [-0.2, -0.15) is 0 Å². The second-order valence-electron chi connectivity index (χ2n) is 14.5. The van der Waals surface area contributed by atoms with Crippen LogP contribution in [-0.4, -0.2) is 18.9 Å². The molecule has 13 rings (SSSR count). The van der Waals surface area contributed by atoms with Gasteiger partial charge in [0.25, 0.3) is 0 Å². The lowest BCUT2D eigenvalue weighted by Gasteiger charge is -2.14. The predicted octanol–water partition coefficient (Wildman–Crippen LogP) is 13.0. The molecule has 0 aliphatic rings. The van der Waals surface area contributed by atoms with Crippen molar-refractivity contribution in [2.75, 3.05) is 0 Å². The molecule has 0 aliphatic heterocycles. The smallest absolute Gasteiger partial charge is 0.235 e. The number of nitrogens with zero attached hydrogens (tertiary/aromatic N) is 4. The molecule has 0 N–H and O–H groups in total. The molecule has 9 aromatic carbocycles. The summed E-state index contributed by atoms with van der Waals surface area (Å²) in [6.45, 7) is 0. The standard InChI is InChI=1S/C50H28N4/c1-2-13-32-28-33(21-20-29(32)10-1)47-39-24-22-31-12-4-6-15-35(31)48(39)52-50(51-47)54-42-25-23-30-11-3-5-14-34(30)44(42)46-43(54)27-26-41-45(46)38-18-9-17-37-36-16-7-8-19-40(36)53(41)49(37)38/h1-28H.